The predicted molar refractivity (Wildman–Crippen MR) is 134 cm³/mol. The molecular weight excluding hydrogens is 392 g/mol. The molecule has 2 N–H and O–H groups in total. The van der Waals surface area contributed by atoms with E-state index in [0.29, 0.717) is 16.7 Å². The van der Waals surface area contributed by atoms with Crippen LogP contribution in [0.1, 0.15) is 119 Å². The Morgan fingerprint density at radius 3 is 2.44 bits per heavy atom. The lowest BCUT2D eigenvalue weighted by molar-refractivity contribution is -0.0792. The number of fused-ring (bicyclic) bond motifs is 5. The molecule has 0 radical (unpaired) electrons. The monoisotopic (exact) mass is 444 g/mol. The van der Waals surface area contributed by atoms with Crippen molar-refractivity contribution < 1.29 is 10.2 Å². The quantitative estimate of drug-likeness (QED) is 0.430. The molecule has 184 valence electrons. The van der Waals surface area contributed by atoms with E-state index in [1.54, 1.807) is 5.57 Å². The summed E-state index contributed by atoms with van der Waals surface area (Å²) in [6.07, 6.45) is 15.3. The number of aliphatic hydroxyl groups is 2. The van der Waals surface area contributed by atoms with Gasteiger partial charge in [-0.25, -0.2) is 0 Å². The van der Waals surface area contributed by atoms with Crippen molar-refractivity contribution in [3.8, 4) is 0 Å². The van der Waals surface area contributed by atoms with Gasteiger partial charge in [-0.05, 0) is 116 Å². The summed E-state index contributed by atoms with van der Waals surface area (Å²) in [6.45, 7) is 16.4. The van der Waals surface area contributed by atoms with Crippen molar-refractivity contribution in [2.45, 2.75) is 131 Å². The van der Waals surface area contributed by atoms with Crippen LogP contribution in [0.25, 0.3) is 0 Å². The van der Waals surface area contributed by atoms with Crippen LogP contribution in [0.2, 0.25) is 0 Å². The standard InChI is InChI=1S/C30H52O2/c1-8-30(32,27(3,4)5)18-13-20(2)24-11-12-25-23-10-9-21-19-22(31)14-16-28(21,6)26(23)15-17-29(24,25)7/h9,20,22-26,31-32H,8,10-19H2,1-7H3/t20-,22+,23+,24-,25+,26+,28+,29-,30?/m1/s1. The molecule has 9 atom stereocenters. The van der Waals surface area contributed by atoms with E-state index in [-0.39, 0.29) is 11.5 Å². The van der Waals surface area contributed by atoms with Crippen LogP contribution in [0.4, 0.5) is 0 Å². The van der Waals surface area contributed by atoms with Crippen LogP contribution in [0, 0.1) is 45.8 Å². The van der Waals surface area contributed by atoms with Gasteiger partial charge >= 0.3 is 0 Å². The Morgan fingerprint density at radius 2 is 1.78 bits per heavy atom. The summed E-state index contributed by atoms with van der Waals surface area (Å²) in [6, 6.07) is 0. The molecule has 2 nitrogen and oxygen atoms in total. The molecule has 0 bridgehead atoms. The van der Waals surface area contributed by atoms with E-state index < -0.39 is 5.60 Å². The maximum atomic E-state index is 11.3. The lowest BCUT2D eigenvalue weighted by atomic mass is 9.47. The molecule has 4 aliphatic carbocycles. The second-order valence-electron chi connectivity index (χ2n) is 14.0. The summed E-state index contributed by atoms with van der Waals surface area (Å²) in [7, 11) is 0. The molecule has 1 unspecified atom stereocenters. The molecule has 3 fully saturated rings. The van der Waals surface area contributed by atoms with Crippen molar-refractivity contribution >= 4 is 0 Å². The first-order valence-electron chi connectivity index (χ1n) is 14.0. The minimum atomic E-state index is -0.553. The van der Waals surface area contributed by atoms with Gasteiger partial charge in [0.2, 0.25) is 0 Å². The van der Waals surface area contributed by atoms with E-state index in [0.717, 1.165) is 55.8 Å². The third-order valence-electron chi connectivity index (χ3n) is 11.8. The molecule has 32 heavy (non-hydrogen) atoms. The third-order valence-corrected chi connectivity index (χ3v) is 11.8. The Morgan fingerprint density at radius 1 is 1.06 bits per heavy atom. The molecule has 2 heteroatoms. The summed E-state index contributed by atoms with van der Waals surface area (Å²) in [5, 5.41) is 21.6. The summed E-state index contributed by atoms with van der Waals surface area (Å²) in [4.78, 5) is 0. The van der Waals surface area contributed by atoms with Crippen LogP contribution >= 0.6 is 0 Å². The van der Waals surface area contributed by atoms with Gasteiger partial charge in [0.25, 0.3) is 0 Å². The van der Waals surface area contributed by atoms with Crippen molar-refractivity contribution in [1.29, 1.82) is 0 Å². The number of aliphatic hydroxyl groups excluding tert-OH is 1. The fraction of sp³-hybridized carbons (Fsp3) is 0.933. The highest BCUT2D eigenvalue weighted by molar-refractivity contribution is 5.25. The topological polar surface area (TPSA) is 40.5 Å². The summed E-state index contributed by atoms with van der Waals surface area (Å²) in [5.74, 6) is 4.03. The maximum absolute atomic E-state index is 11.3. The summed E-state index contributed by atoms with van der Waals surface area (Å²) in [5.41, 5.74) is 1.80. The lowest BCUT2D eigenvalue weighted by Gasteiger charge is -2.58. The molecule has 4 rings (SSSR count). The van der Waals surface area contributed by atoms with Gasteiger partial charge in [0.15, 0.2) is 0 Å². The Balaban J connectivity index is 1.48. The number of rotatable bonds is 5. The maximum Gasteiger partial charge on any atom is 0.0693 e. The molecule has 0 aliphatic heterocycles. The number of hydrogen-bond acceptors (Lipinski definition) is 2. The average molecular weight is 445 g/mol. The second kappa shape index (κ2) is 8.40. The molecule has 0 aromatic carbocycles. The minimum Gasteiger partial charge on any atom is -0.393 e. The first kappa shape index (κ1) is 24.8. The summed E-state index contributed by atoms with van der Waals surface area (Å²) < 4.78 is 0. The molecule has 3 saturated carbocycles. The van der Waals surface area contributed by atoms with E-state index >= 15 is 0 Å². The van der Waals surface area contributed by atoms with Crippen LogP contribution in [-0.4, -0.2) is 21.9 Å². The zero-order valence-corrected chi connectivity index (χ0v) is 22.2. The lowest BCUT2D eigenvalue weighted by Crippen LogP contribution is -2.51. The van der Waals surface area contributed by atoms with Gasteiger partial charge in [-0.15, -0.1) is 0 Å². The molecule has 0 aromatic rings. The Bertz CT molecular complexity index is 719. The van der Waals surface area contributed by atoms with Gasteiger partial charge < -0.3 is 10.2 Å². The van der Waals surface area contributed by atoms with Crippen molar-refractivity contribution in [3.63, 3.8) is 0 Å². The zero-order chi connectivity index (χ0) is 23.5. The molecule has 0 heterocycles. The zero-order valence-electron chi connectivity index (χ0n) is 22.2. The molecule has 0 spiro atoms. The normalized spacial score (nSPS) is 44.7. The van der Waals surface area contributed by atoms with Crippen LogP contribution in [-0.2, 0) is 0 Å². The number of allylic oxidation sites excluding steroid dienone is 1. The largest absolute Gasteiger partial charge is 0.393 e. The van der Waals surface area contributed by atoms with Crippen molar-refractivity contribution in [1.82, 2.24) is 0 Å². The van der Waals surface area contributed by atoms with Crippen LogP contribution in [0.15, 0.2) is 11.6 Å². The Labute approximate surface area is 198 Å². The van der Waals surface area contributed by atoms with Gasteiger partial charge in [-0.2, -0.15) is 0 Å². The van der Waals surface area contributed by atoms with Crippen LogP contribution in [0.3, 0.4) is 0 Å². The first-order valence-corrected chi connectivity index (χ1v) is 14.0. The first-order chi connectivity index (χ1) is 14.9. The van der Waals surface area contributed by atoms with E-state index in [2.05, 4.69) is 54.5 Å². The van der Waals surface area contributed by atoms with Crippen molar-refractivity contribution in [3.05, 3.63) is 11.6 Å². The van der Waals surface area contributed by atoms with Crippen LogP contribution in [0.5, 0.6) is 0 Å². The molecule has 0 aromatic heterocycles. The molecular formula is C30H52O2. The number of hydrogen-bond donors (Lipinski definition) is 2. The van der Waals surface area contributed by atoms with Gasteiger partial charge in [-0.3, -0.25) is 0 Å². The van der Waals surface area contributed by atoms with E-state index in [9.17, 15) is 10.2 Å². The molecule has 4 aliphatic rings. The van der Waals surface area contributed by atoms with Crippen molar-refractivity contribution in [2.75, 3.05) is 0 Å². The summed E-state index contributed by atoms with van der Waals surface area (Å²) >= 11 is 0. The van der Waals surface area contributed by atoms with Crippen LogP contribution < -0.4 is 0 Å². The average Bonchev–Trinajstić information content (AvgIpc) is 3.08. The van der Waals surface area contributed by atoms with E-state index in [4.69, 9.17) is 0 Å². The van der Waals surface area contributed by atoms with Gasteiger partial charge in [0, 0.05) is 0 Å². The SMILES string of the molecule is CCC(O)(CC[C@@H](C)[C@H]1CC[C@H]2[C@@H]3CC=C4C[C@@H](O)CC[C@]4(C)[C@H]3CC[C@]12C)C(C)(C)C. The highest BCUT2D eigenvalue weighted by Gasteiger charge is 2.59. The molecule has 0 amide bonds. The highest BCUT2D eigenvalue weighted by atomic mass is 16.3. The third kappa shape index (κ3) is 3.84. The Kier molecular flexibility index (Phi) is 6.50. The van der Waals surface area contributed by atoms with Gasteiger partial charge in [0.05, 0.1) is 11.7 Å². The van der Waals surface area contributed by atoms with Gasteiger partial charge in [0.1, 0.15) is 0 Å². The van der Waals surface area contributed by atoms with Gasteiger partial charge in [-0.1, -0.05) is 60.1 Å². The predicted octanol–water partition coefficient (Wildman–Crippen LogP) is 7.53. The fourth-order valence-electron chi connectivity index (χ4n) is 9.37. The fourth-order valence-corrected chi connectivity index (χ4v) is 9.37. The van der Waals surface area contributed by atoms with E-state index in [1.165, 1.54) is 38.5 Å². The van der Waals surface area contributed by atoms with Crippen molar-refractivity contribution in [2.24, 2.45) is 45.8 Å². The van der Waals surface area contributed by atoms with E-state index in [1.807, 2.05) is 0 Å². The highest BCUT2D eigenvalue weighted by Crippen LogP contribution is 2.67. The Hall–Kier alpha value is -0.340. The second-order valence-corrected chi connectivity index (χ2v) is 14.0. The minimum absolute atomic E-state index is 0.0587. The molecule has 0 saturated heterocycles. The smallest absolute Gasteiger partial charge is 0.0693 e.